The Morgan fingerprint density at radius 1 is 1.24 bits per heavy atom. The van der Waals surface area contributed by atoms with Crippen molar-refractivity contribution in [3.05, 3.63) is 77.1 Å². The van der Waals surface area contributed by atoms with Gasteiger partial charge in [-0.15, -0.1) is 0 Å². The van der Waals surface area contributed by atoms with Crippen LogP contribution >= 0.6 is 0 Å². The summed E-state index contributed by atoms with van der Waals surface area (Å²) in [5.41, 5.74) is 4.13. The van der Waals surface area contributed by atoms with Gasteiger partial charge in [0.15, 0.2) is 0 Å². The van der Waals surface area contributed by atoms with E-state index in [9.17, 15) is 4.79 Å². The average molecular weight is 334 g/mol. The molecular formula is C19H18N4O2. The number of nitrogens with zero attached hydrogens (tertiary/aromatic N) is 3. The smallest absolute Gasteiger partial charge is 0.262 e. The lowest BCUT2D eigenvalue weighted by atomic mass is 10.2. The monoisotopic (exact) mass is 334 g/mol. The van der Waals surface area contributed by atoms with Gasteiger partial charge in [0.2, 0.25) is 5.95 Å². The van der Waals surface area contributed by atoms with Crippen LogP contribution in [0.15, 0.2) is 71.1 Å². The molecule has 0 aliphatic carbocycles. The summed E-state index contributed by atoms with van der Waals surface area (Å²) in [4.78, 5) is 16.8. The van der Waals surface area contributed by atoms with Crippen LogP contribution in [0.1, 0.15) is 5.56 Å². The molecule has 0 atom stereocenters. The zero-order chi connectivity index (χ0) is 17.6. The van der Waals surface area contributed by atoms with Crippen molar-refractivity contribution >= 4 is 23.1 Å². The van der Waals surface area contributed by atoms with Crippen LogP contribution in [0, 0.1) is 0 Å². The maximum atomic E-state index is 12.4. The van der Waals surface area contributed by atoms with Crippen molar-refractivity contribution in [3.63, 3.8) is 0 Å². The molecule has 0 bridgehead atoms. The van der Waals surface area contributed by atoms with E-state index in [1.54, 1.807) is 31.5 Å². The molecule has 2 aromatic carbocycles. The summed E-state index contributed by atoms with van der Waals surface area (Å²) in [6, 6.07) is 14.7. The molecule has 0 radical (unpaired) electrons. The topological polar surface area (TPSA) is 68.5 Å². The molecule has 0 saturated heterocycles. The third-order valence-corrected chi connectivity index (χ3v) is 3.63. The molecule has 3 aromatic rings. The second kappa shape index (κ2) is 7.44. The van der Waals surface area contributed by atoms with Crippen molar-refractivity contribution in [2.45, 2.75) is 0 Å². The number of fused-ring (bicyclic) bond motifs is 1. The summed E-state index contributed by atoms with van der Waals surface area (Å²) in [5, 5.41) is 4.76. The predicted octanol–water partition coefficient (Wildman–Crippen LogP) is 2.94. The van der Waals surface area contributed by atoms with E-state index in [0.29, 0.717) is 29.2 Å². The van der Waals surface area contributed by atoms with E-state index in [0.717, 1.165) is 5.56 Å². The molecule has 1 N–H and O–H groups in total. The van der Waals surface area contributed by atoms with Gasteiger partial charge in [0.1, 0.15) is 12.4 Å². The fourth-order valence-corrected chi connectivity index (χ4v) is 2.34. The first-order valence-corrected chi connectivity index (χ1v) is 7.78. The number of para-hydroxylation sites is 2. The first-order valence-electron chi connectivity index (χ1n) is 7.78. The molecule has 1 heterocycles. The van der Waals surface area contributed by atoms with Gasteiger partial charge in [-0.1, -0.05) is 36.9 Å². The molecular weight excluding hydrogens is 316 g/mol. The normalized spacial score (nSPS) is 10.9. The van der Waals surface area contributed by atoms with Gasteiger partial charge in [0.05, 0.1) is 17.1 Å². The van der Waals surface area contributed by atoms with Gasteiger partial charge >= 0.3 is 0 Å². The summed E-state index contributed by atoms with van der Waals surface area (Å²) in [6.07, 6.45) is 3.31. The quantitative estimate of drug-likeness (QED) is 0.427. The fraction of sp³-hybridized carbons (Fsp3) is 0.105. The number of anilines is 1. The van der Waals surface area contributed by atoms with Crippen LogP contribution in [-0.2, 0) is 7.05 Å². The molecule has 3 rings (SSSR count). The summed E-state index contributed by atoms with van der Waals surface area (Å²) in [7, 11) is 1.65. The lowest BCUT2D eigenvalue weighted by molar-refractivity contribution is 0.363. The van der Waals surface area contributed by atoms with Crippen LogP contribution in [0.3, 0.4) is 0 Å². The Morgan fingerprint density at radius 3 is 2.84 bits per heavy atom. The third kappa shape index (κ3) is 3.58. The van der Waals surface area contributed by atoms with E-state index >= 15 is 0 Å². The van der Waals surface area contributed by atoms with Crippen LogP contribution in [0.5, 0.6) is 5.75 Å². The second-order valence-corrected chi connectivity index (χ2v) is 5.32. The minimum Gasteiger partial charge on any atom is -0.489 e. The third-order valence-electron chi connectivity index (χ3n) is 3.63. The highest BCUT2D eigenvalue weighted by Gasteiger charge is 2.06. The summed E-state index contributed by atoms with van der Waals surface area (Å²) in [6.45, 7) is 4.05. The molecule has 0 aliphatic heterocycles. The lowest BCUT2D eigenvalue weighted by Gasteiger charge is -2.08. The standard InChI is InChI=1S/C19H18N4O2/c1-3-12-25-17-11-7-4-8-14(17)13-20-22-19-21-16-10-6-5-9-15(16)18(24)23(19)2/h3-11,13H,1,12H2,2H3,(H,21,22). The second-order valence-electron chi connectivity index (χ2n) is 5.32. The SMILES string of the molecule is C=CCOc1ccccc1C=NNc1nc2ccccc2c(=O)n1C. The molecule has 0 fully saturated rings. The molecule has 0 aliphatic rings. The Bertz CT molecular complexity index is 992. The fourth-order valence-electron chi connectivity index (χ4n) is 2.34. The van der Waals surface area contributed by atoms with Crippen molar-refractivity contribution in [1.29, 1.82) is 0 Å². The number of rotatable bonds is 6. The predicted molar refractivity (Wildman–Crippen MR) is 100 cm³/mol. The Balaban J connectivity index is 1.86. The van der Waals surface area contributed by atoms with E-state index in [-0.39, 0.29) is 5.56 Å². The molecule has 126 valence electrons. The minimum atomic E-state index is -0.127. The van der Waals surface area contributed by atoms with Gasteiger partial charge in [0, 0.05) is 12.6 Å². The molecule has 1 aromatic heterocycles. The maximum absolute atomic E-state index is 12.4. The number of benzene rings is 2. The molecule has 0 saturated carbocycles. The number of aromatic nitrogens is 2. The van der Waals surface area contributed by atoms with Crippen molar-refractivity contribution in [3.8, 4) is 5.75 Å². The first kappa shape index (κ1) is 16.4. The zero-order valence-corrected chi connectivity index (χ0v) is 13.8. The minimum absolute atomic E-state index is 0.127. The van der Waals surface area contributed by atoms with E-state index in [1.807, 2.05) is 36.4 Å². The molecule has 6 nitrogen and oxygen atoms in total. The number of ether oxygens (including phenoxy) is 1. The van der Waals surface area contributed by atoms with Crippen molar-refractivity contribution in [2.24, 2.45) is 12.1 Å². The molecule has 25 heavy (non-hydrogen) atoms. The molecule has 6 heteroatoms. The van der Waals surface area contributed by atoms with E-state index < -0.39 is 0 Å². The average Bonchev–Trinajstić information content (AvgIpc) is 2.65. The molecule has 0 unspecified atom stereocenters. The van der Waals surface area contributed by atoms with Gasteiger partial charge in [-0.05, 0) is 24.3 Å². The Kier molecular flexibility index (Phi) is 4.89. The highest BCUT2D eigenvalue weighted by molar-refractivity contribution is 5.84. The largest absolute Gasteiger partial charge is 0.489 e. The van der Waals surface area contributed by atoms with Gasteiger partial charge in [-0.3, -0.25) is 9.36 Å². The van der Waals surface area contributed by atoms with E-state index in [4.69, 9.17) is 4.74 Å². The number of hydrogen-bond donors (Lipinski definition) is 1. The maximum Gasteiger partial charge on any atom is 0.262 e. The number of hydrazone groups is 1. The van der Waals surface area contributed by atoms with Crippen LogP contribution in [0.25, 0.3) is 10.9 Å². The summed E-state index contributed by atoms with van der Waals surface area (Å²) in [5.74, 6) is 1.07. The highest BCUT2D eigenvalue weighted by atomic mass is 16.5. The van der Waals surface area contributed by atoms with Crippen molar-refractivity contribution < 1.29 is 4.74 Å². The van der Waals surface area contributed by atoms with E-state index in [1.165, 1.54) is 4.57 Å². The van der Waals surface area contributed by atoms with E-state index in [2.05, 4.69) is 22.1 Å². The highest BCUT2D eigenvalue weighted by Crippen LogP contribution is 2.16. The van der Waals surface area contributed by atoms with Crippen LogP contribution in [0.4, 0.5) is 5.95 Å². The first-order chi connectivity index (χ1) is 12.2. The zero-order valence-electron chi connectivity index (χ0n) is 13.8. The van der Waals surface area contributed by atoms with Gasteiger partial charge in [-0.25, -0.2) is 10.4 Å². The van der Waals surface area contributed by atoms with Crippen LogP contribution < -0.4 is 15.7 Å². The van der Waals surface area contributed by atoms with Crippen molar-refractivity contribution in [2.75, 3.05) is 12.0 Å². The number of hydrogen-bond acceptors (Lipinski definition) is 5. The van der Waals surface area contributed by atoms with Gasteiger partial charge in [0.25, 0.3) is 5.56 Å². The van der Waals surface area contributed by atoms with Gasteiger partial charge < -0.3 is 4.74 Å². The Morgan fingerprint density at radius 2 is 2.00 bits per heavy atom. The lowest BCUT2D eigenvalue weighted by Crippen LogP contribution is -2.21. The molecule has 0 spiro atoms. The van der Waals surface area contributed by atoms with Crippen LogP contribution in [0.2, 0.25) is 0 Å². The Hall–Kier alpha value is -3.41. The molecule has 0 amide bonds. The Labute approximate surface area is 145 Å². The van der Waals surface area contributed by atoms with Gasteiger partial charge in [-0.2, -0.15) is 5.10 Å². The summed E-state index contributed by atoms with van der Waals surface area (Å²) < 4.78 is 7.01. The summed E-state index contributed by atoms with van der Waals surface area (Å²) >= 11 is 0. The van der Waals surface area contributed by atoms with Crippen LogP contribution in [-0.4, -0.2) is 22.4 Å². The van der Waals surface area contributed by atoms with Crippen molar-refractivity contribution in [1.82, 2.24) is 9.55 Å². The number of nitrogens with one attached hydrogen (secondary N) is 1.